The van der Waals surface area contributed by atoms with E-state index in [-0.39, 0.29) is 7.92 Å². The summed E-state index contributed by atoms with van der Waals surface area (Å²) in [7, 11) is 2.08. The smallest absolute Gasteiger partial charge is 0.0701 e. The van der Waals surface area contributed by atoms with E-state index in [0.29, 0.717) is 12.0 Å². The molecule has 3 atom stereocenters. The summed E-state index contributed by atoms with van der Waals surface area (Å²) in [6.45, 7) is 2.39. The van der Waals surface area contributed by atoms with Crippen LogP contribution in [0.2, 0.25) is 0 Å². The molecule has 0 aromatic heterocycles. The minimum atomic E-state index is 0.135. The minimum Gasteiger partial charge on any atom is -0.380 e. The number of hydrogen-bond donors (Lipinski definition) is 0. The molecular weight excluding hydrogens is 263 g/mol. The van der Waals surface area contributed by atoms with Crippen LogP contribution in [-0.4, -0.2) is 30.2 Å². The van der Waals surface area contributed by atoms with Gasteiger partial charge in [-0.3, -0.25) is 0 Å². The fourth-order valence-electron chi connectivity index (χ4n) is 4.84. The van der Waals surface area contributed by atoms with Gasteiger partial charge in [0.15, 0.2) is 0 Å². The Morgan fingerprint density at radius 1 is 0.950 bits per heavy atom. The number of rotatable bonds is 4. The Morgan fingerprint density at radius 3 is 2.00 bits per heavy atom. The van der Waals surface area contributed by atoms with Crippen molar-refractivity contribution in [1.82, 2.24) is 0 Å². The number of methoxy groups -OCH3 is 1. The predicted octanol–water partition coefficient (Wildman–Crippen LogP) is 5.33. The van der Waals surface area contributed by atoms with Crippen LogP contribution < -0.4 is 0 Å². The van der Waals surface area contributed by atoms with Crippen molar-refractivity contribution in [2.45, 2.75) is 87.8 Å². The van der Waals surface area contributed by atoms with Gasteiger partial charge in [0.2, 0.25) is 0 Å². The van der Waals surface area contributed by atoms with E-state index in [1.807, 2.05) is 7.11 Å². The van der Waals surface area contributed by atoms with Crippen molar-refractivity contribution in [2.24, 2.45) is 5.92 Å². The summed E-state index contributed by atoms with van der Waals surface area (Å²) in [6.07, 6.45) is 18.7. The molecule has 0 aliphatic heterocycles. The van der Waals surface area contributed by atoms with Crippen LogP contribution in [-0.2, 0) is 4.74 Å². The van der Waals surface area contributed by atoms with Gasteiger partial charge in [0, 0.05) is 12.8 Å². The molecule has 0 heterocycles. The molecule has 3 aliphatic carbocycles. The Balaban J connectivity index is 1.82. The molecule has 0 aromatic carbocycles. The average Bonchev–Trinajstić information content (AvgIpc) is 3.13. The molecule has 0 N–H and O–H groups in total. The van der Waals surface area contributed by atoms with Crippen LogP contribution in [0.25, 0.3) is 0 Å². The van der Waals surface area contributed by atoms with Crippen LogP contribution in [0, 0.1) is 5.92 Å². The van der Waals surface area contributed by atoms with Crippen molar-refractivity contribution >= 4 is 7.92 Å². The maximum absolute atomic E-state index is 5.98. The molecule has 0 radical (unpaired) electrons. The summed E-state index contributed by atoms with van der Waals surface area (Å²) in [5, 5.41) is 0. The van der Waals surface area contributed by atoms with Crippen molar-refractivity contribution in [1.29, 1.82) is 0 Å². The maximum atomic E-state index is 5.98. The molecule has 0 aromatic rings. The van der Waals surface area contributed by atoms with E-state index in [9.17, 15) is 0 Å². The van der Waals surface area contributed by atoms with Crippen molar-refractivity contribution in [2.75, 3.05) is 7.11 Å². The lowest BCUT2D eigenvalue weighted by Crippen LogP contribution is -2.37. The molecule has 20 heavy (non-hydrogen) atoms. The van der Waals surface area contributed by atoms with Crippen molar-refractivity contribution in [3.63, 3.8) is 0 Å². The lowest BCUT2D eigenvalue weighted by atomic mass is 9.93. The van der Waals surface area contributed by atoms with Crippen molar-refractivity contribution < 1.29 is 4.74 Å². The van der Waals surface area contributed by atoms with Gasteiger partial charge in [0.05, 0.1) is 6.10 Å². The molecule has 0 saturated heterocycles. The Bertz CT molecular complexity index is 312. The second kappa shape index (κ2) is 6.93. The zero-order chi connectivity index (χ0) is 13.9. The third kappa shape index (κ3) is 3.00. The summed E-state index contributed by atoms with van der Waals surface area (Å²) in [6, 6.07) is 0. The first-order chi connectivity index (χ1) is 9.81. The fraction of sp³-hybridized carbons (Fsp3) is 0.889. The zero-order valence-corrected chi connectivity index (χ0v) is 14.2. The first-order valence-corrected chi connectivity index (χ1v) is 10.3. The summed E-state index contributed by atoms with van der Waals surface area (Å²) in [5.41, 5.74) is 2.85. The second-order valence-corrected chi connectivity index (χ2v) is 10.1. The molecule has 0 spiro atoms. The molecule has 1 nitrogen and oxygen atoms in total. The van der Waals surface area contributed by atoms with Gasteiger partial charge in [0.25, 0.3) is 0 Å². The van der Waals surface area contributed by atoms with Crippen molar-refractivity contribution in [3.8, 4) is 0 Å². The van der Waals surface area contributed by atoms with E-state index in [2.05, 4.69) is 19.1 Å². The first kappa shape index (κ1) is 15.0. The van der Waals surface area contributed by atoms with Gasteiger partial charge in [-0.2, -0.15) is 0 Å². The monoisotopic (exact) mass is 294 g/mol. The molecule has 3 aliphatic rings. The molecule has 114 valence electrons. The maximum Gasteiger partial charge on any atom is 0.0701 e. The molecule has 0 amide bonds. The highest BCUT2D eigenvalue weighted by Crippen LogP contribution is 2.62. The summed E-state index contributed by atoms with van der Waals surface area (Å²) < 4.78 is 5.98. The van der Waals surface area contributed by atoms with Crippen LogP contribution in [0.5, 0.6) is 0 Å². The van der Waals surface area contributed by atoms with Gasteiger partial charge < -0.3 is 4.74 Å². The van der Waals surface area contributed by atoms with E-state index in [4.69, 9.17) is 4.74 Å². The van der Waals surface area contributed by atoms with Gasteiger partial charge in [-0.05, 0) is 49.3 Å². The summed E-state index contributed by atoms with van der Waals surface area (Å²) in [4.78, 5) is 0. The molecule has 3 rings (SSSR count). The van der Waals surface area contributed by atoms with E-state index in [1.54, 1.807) is 0 Å². The molecule has 2 saturated carbocycles. The fourth-order valence-corrected chi connectivity index (χ4v) is 9.41. The first-order valence-electron chi connectivity index (χ1n) is 8.78. The number of ether oxygens (including phenoxy) is 1. The quantitative estimate of drug-likeness (QED) is 0.503. The highest BCUT2D eigenvalue weighted by molar-refractivity contribution is 7.60. The molecule has 0 bridgehead atoms. The van der Waals surface area contributed by atoms with Crippen molar-refractivity contribution in [3.05, 3.63) is 12.2 Å². The number of hydrogen-bond acceptors (Lipinski definition) is 1. The molecule has 2 heteroatoms. The normalized spacial score (nSPS) is 36.2. The Hall–Kier alpha value is 0.130. The van der Waals surface area contributed by atoms with E-state index in [1.165, 1.54) is 57.8 Å². The molecular formula is C18H31OP. The zero-order valence-electron chi connectivity index (χ0n) is 13.3. The standard InChI is InChI=1S/C18H31OP/c1-14-8-7-13-17(18(14)19-2)20(15-9-3-4-10-15)16-11-5-6-12-16/h7,13-18H,3-6,8-12H2,1-2H3. The van der Waals surface area contributed by atoms with Crippen LogP contribution in [0.3, 0.4) is 0 Å². The Kier molecular flexibility index (Phi) is 5.21. The topological polar surface area (TPSA) is 9.23 Å². The highest BCUT2D eigenvalue weighted by Gasteiger charge is 2.42. The minimum absolute atomic E-state index is 0.135. The molecule has 3 unspecified atom stereocenters. The summed E-state index contributed by atoms with van der Waals surface area (Å²) in [5.74, 6) is 0.711. The van der Waals surface area contributed by atoms with E-state index in [0.717, 1.165) is 17.0 Å². The third-order valence-corrected chi connectivity index (χ3v) is 9.72. The van der Waals surface area contributed by atoms with Crippen LogP contribution in [0.1, 0.15) is 64.7 Å². The van der Waals surface area contributed by atoms with Gasteiger partial charge in [-0.25, -0.2) is 0 Å². The van der Waals surface area contributed by atoms with E-state index >= 15 is 0 Å². The molecule has 2 fully saturated rings. The largest absolute Gasteiger partial charge is 0.380 e. The van der Waals surface area contributed by atoms with Gasteiger partial charge in [-0.15, -0.1) is 0 Å². The second-order valence-electron chi connectivity index (χ2n) is 7.16. The predicted molar refractivity (Wildman–Crippen MR) is 88.9 cm³/mol. The highest BCUT2D eigenvalue weighted by atomic mass is 31.1. The van der Waals surface area contributed by atoms with Crippen LogP contribution in [0.4, 0.5) is 0 Å². The number of allylic oxidation sites excluding steroid dienone is 1. The van der Waals surface area contributed by atoms with Crippen LogP contribution >= 0.6 is 7.92 Å². The van der Waals surface area contributed by atoms with Crippen LogP contribution in [0.15, 0.2) is 12.2 Å². The van der Waals surface area contributed by atoms with Gasteiger partial charge in [-0.1, -0.05) is 52.7 Å². The Labute approximate surface area is 126 Å². The third-order valence-electron chi connectivity index (χ3n) is 5.85. The summed E-state index contributed by atoms with van der Waals surface area (Å²) >= 11 is 0. The Morgan fingerprint density at radius 2 is 1.50 bits per heavy atom. The van der Waals surface area contributed by atoms with Gasteiger partial charge >= 0.3 is 0 Å². The van der Waals surface area contributed by atoms with Gasteiger partial charge in [0.1, 0.15) is 0 Å². The lowest BCUT2D eigenvalue weighted by molar-refractivity contribution is 0.0606. The SMILES string of the molecule is COC1C(C)CC=CC1P(C1CCCC1)C1CCCC1. The average molecular weight is 294 g/mol. The lowest BCUT2D eigenvalue weighted by Gasteiger charge is -2.42. The van der Waals surface area contributed by atoms with E-state index < -0.39 is 0 Å².